The van der Waals surface area contributed by atoms with E-state index in [1.54, 1.807) is 30.3 Å². The zero-order chi connectivity index (χ0) is 13.9. The number of carbonyl (C=O) groups is 1. The molecular formula is C12H8F3NO2S. The van der Waals surface area contributed by atoms with Gasteiger partial charge in [-0.05, 0) is 23.6 Å². The van der Waals surface area contributed by atoms with Crippen molar-refractivity contribution >= 4 is 23.1 Å². The van der Waals surface area contributed by atoms with Gasteiger partial charge >= 0.3 is 12.3 Å². The Kier molecular flexibility index (Phi) is 3.75. The molecule has 0 fully saturated rings. The average molecular weight is 287 g/mol. The molecule has 0 aliphatic carbocycles. The molecule has 1 aromatic heterocycles. The number of anilines is 1. The van der Waals surface area contributed by atoms with Crippen LogP contribution < -0.4 is 10.1 Å². The van der Waals surface area contributed by atoms with Gasteiger partial charge in [-0.1, -0.05) is 18.2 Å². The predicted octanol–water partition coefficient (Wildman–Crippen LogP) is 4.38. The SMILES string of the molecule is O=C(Nc1ccccc1)Oc1sccc1C(F)(F)F. The molecule has 2 rings (SSSR count). The fourth-order valence-electron chi connectivity index (χ4n) is 1.33. The Balaban J connectivity index is 2.06. The van der Waals surface area contributed by atoms with E-state index in [-0.39, 0.29) is 0 Å². The fourth-order valence-corrected chi connectivity index (χ4v) is 2.10. The number of alkyl halides is 3. The van der Waals surface area contributed by atoms with E-state index in [4.69, 9.17) is 0 Å². The molecule has 1 N–H and O–H groups in total. The molecule has 7 heteroatoms. The molecule has 0 saturated carbocycles. The summed E-state index contributed by atoms with van der Waals surface area (Å²) in [6.07, 6.45) is -5.50. The lowest BCUT2D eigenvalue weighted by atomic mass is 10.3. The van der Waals surface area contributed by atoms with Crippen molar-refractivity contribution in [2.24, 2.45) is 0 Å². The molecule has 100 valence electrons. The molecule has 0 aliphatic heterocycles. The van der Waals surface area contributed by atoms with Gasteiger partial charge in [0.1, 0.15) is 5.56 Å². The lowest BCUT2D eigenvalue weighted by molar-refractivity contribution is -0.138. The first-order chi connectivity index (χ1) is 8.97. The van der Waals surface area contributed by atoms with E-state index in [9.17, 15) is 18.0 Å². The predicted molar refractivity (Wildman–Crippen MR) is 65.4 cm³/mol. The summed E-state index contributed by atoms with van der Waals surface area (Å²) in [6, 6.07) is 9.18. The number of nitrogens with one attached hydrogen (secondary N) is 1. The summed E-state index contributed by atoms with van der Waals surface area (Å²) in [5.41, 5.74) is -0.515. The van der Waals surface area contributed by atoms with E-state index in [2.05, 4.69) is 10.1 Å². The van der Waals surface area contributed by atoms with Crippen molar-refractivity contribution in [2.75, 3.05) is 5.32 Å². The lowest BCUT2D eigenvalue weighted by Gasteiger charge is -2.08. The number of ether oxygens (including phenoxy) is 1. The number of carbonyl (C=O) groups excluding carboxylic acids is 1. The summed E-state index contributed by atoms with van der Waals surface area (Å²) in [4.78, 5) is 11.5. The maximum absolute atomic E-state index is 12.6. The van der Waals surface area contributed by atoms with Gasteiger partial charge in [0.15, 0.2) is 5.06 Å². The molecule has 1 aromatic carbocycles. The first-order valence-electron chi connectivity index (χ1n) is 5.15. The van der Waals surface area contributed by atoms with Gasteiger partial charge in [0.2, 0.25) is 0 Å². The zero-order valence-electron chi connectivity index (χ0n) is 9.40. The summed E-state index contributed by atoms with van der Waals surface area (Å²) < 4.78 is 42.3. The highest BCUT2D eigenvalue weighted by Crippen LogP contribution is 2.39. The van der Waals surface area contributed by atoms with E-state index >= 15 is 0 Å². The van der Waals surface area contributed by atoms with Crippen LogP contribution in [0.1, 0.15) is 5.56 Å². The molecule has 0 saturated heterocycles. The van der Waals surface area contributed by atoms with Crippen molar-refractivity contribution in [2.45, 2.75) is 6.18 Å². The lowest BCUT2D eigenvalue weighted by Crippen LogP contribution is -2.18. The Bertz CT molecular complexity index is 566. The summed E-state index contributed by atoms with van der Waals surface area (Å²) in [6.45, 7) is 0. The second-order valence-electron chi connectivity index (χ2n) is 3.50. The Morgan fingerprint density at radius 2 is 1.84 bits per heavy atom. The van der Waals surface area contributed by atoms with Gasteiger partial charge in [0.25, 0.3) is 0 Å². The molecule has 0 atom stereocenters. The van der Waals surface area contributed by atoms with Crippen LogP contribution in [0.4, 0.5) is 23.7 Å². The van der Waals surface area contributed by atoms with Crippen LogP contribution in [0.15, 0.2) is 41.8 Å². The number of hydrogen-bond acceptors (Lipinski definition) is 3. The third-order valence-corrected chi connectivity index (χ3v) is 2.93. The van der Waals surface area contributed by atoms with Crippen molar-refractivity contribution < 1.29 is 22.7 Å². The van der Waals surface area contributed by atoms with Crippen molar-refractivity contribution in [3.8, 4) is 5.06 Å². The van der Waals surface area contributed by atoms with Crippen molar-refractivity contribution in [1.82, 2.24) is 0 Å². The van der Waals surface area contributed by atoms with Gasteiger partial charge < -0.3 is 4.74 Å². The third kappa shape index (κ3) is 3.47. The van der Waals surface area contributed by atoms with E-state index in [1.807, 2.05) is 0 Å². The van der Waals surface area contributed by atoms with Crippen LogP contribution in [-0.2, 0) is 6.18 Å². The number of thiophene rings is 1. The second kappa shape index (κ2) is 5.31. The molecule has 1 amide bonds. The van der Waals surface area contributed by atoms with Gasteiger partial charge in [-0.3, -0.25) is 5.32 Å². The van der Waals surface area contributed by atoms with Crippen LogP contribution in [0.3, 0.4) is 0 Å². The maximum atomic E-state index is 12.6. The number of rotatable bonds is 2. The Labute approximate surface area is 110 Å². The summed E-state index contributed by atoms with van der Waals surface area (Å²) in [5.74, 6) is 0. The van der Waals surface area contributed by atoms with Crippen LogP contribution in [-0.4, -0.2) is 6.09 Å². The van der Waals surface area contributed by atoms with Gasteiger partial charge in [0, 0.05) is 5.69 Å². The monoisotopic (exact) mass is 287 g/mol. The Hall–Kier alpha value is -2.02. The molecule has 3 nitrogen and oxygen atoms in total. The van der Waals surface area contributed by atoms with E-state index in [1.165, 1.54) is 5.38 Å². The summed E-state index contributed by atoms with van der Waals surface area (Å²) in [7, 11) is 0. The minimum absolute atomic E-state index is 0.442. The average Bonchev–Trinajstić information content (AvgIpc) is 2.78. The van der Waals surface area contributed by atoms with Crippen molar-refractivity contribution in [1.29, 1.82) is 0 Å². The molecule has 2 aromatic rings. The molecule has 0 bridgehead atoms. The van der Waals surface area contributed by atoms with Crippen molar-refractivity contribution in [3.63, 3.8) is 0 Å². The quantitative estimate of drug-likeness (QED) is 0.890. The largest absolute Gasteiger partial charge is 0.420 e. The highest BCUT2D eigenvalue weighted by atomic mass is 32.1. The number of halogens is 3. The van der Waals surface area contributed by atoms with Gasteiger partial charge in [-0.25, -0.2) is 4.79 Å². The normalized spacial score (nSPS) is 11.1. The van der Waals surface area contributed by atoms with Crippen LogP contribution >= 0.6 is 11.3 Å². The molecule has 0 radical (unpaired) electrons. The summed E-state index contributed by atoms with van der Waals surface area (Å²) >= 11 is 0.712. The van der Waals surface area contributed by atoms with E-state index in [0.717, 1.165) is 6.07 Å². The van der Waals surface area contributed by atoms with Gasteiger partial charge in [-0.2, -0.15) is 13.2 Å². The Morgan fingerprint density at radius 1 is 1.16 bits per heavy atom. The number of amides is 1. The minimum Gasteiger partial charge on any atom is -0.398 e. The highest BCUT2D eigenvalue weighted by molar-refractivity contribution is 7.12. The van der Waals surface area contributed by atoms with Crippen LogP contribution in [0.5, 0.6) is 5.06 Å². The number of hydrogen-bond donors (Lipinski definition) is 1. The van der Waals surface area contributed by atoms with Gasteiger partial charge in [0.05, 0.1) is 0 Å². The molecule has 0 unspecified atom stereocenters. The molecule has 19 heavy (non-hydrogen) atoms. The summed E-state index contributed by atoms with van der Waals surface area (Å²) in [5, 5.41) is 3.08. The smallest absolute Gasteiger partial charge is 0.398 e. The van der Waals surface area contributed by atoms with E-state index in [0.29, 0.717) is 17.0 Å². The number of para-hydroxylation sites is 1. The third-order valence-electron chi connectivity index (χ3n) is 2.14. The topological polar surface area (TPSA) is 38.3 Å². The van der Waals surface area contributed by atoms with Crippen molar-refractivity contribution in [3.05, 3.63) is 47.3 Å². The molecule has 0 spiro atoms. The fraction of sp³-hybridized carbons (Fsp3) is 0.0833. The Morgan fingerprint density at radius 3 is 2.47 bits per heavy atom. The van der Waals surface area contributed by atoms with Crippen LogP contribution in [0, 0.1) is 0 Å². The first kappa shape index (κ1) is 13.4. The molecule has 0 aliphatic rings. The van der Waals surface area contributed by atoms with Crippen LogP contribution in [0.2, 0.25) is 0 Å². The highest BCUT2D eigenvalue weighted by Gasteiger charge is 2.36. The molecule has 1 heterocycles. The first-order valence-corrected chi connectivity index (χ1v) is 6.03. The molecular weight excluding hydrogens is 279 g/mol. The van der Waals surface area contributed by atoms with E-state index < -0.39 is 22.9 Å². The maximum Gasteiger partial charge on any atom is 0.420 e. The second-order valence-corrected chi connectivity index (χ2v) is 4.38. The standard InChI is InChI=1S/C12H8F3NO2S/c13-12(14,15)9-6-7-19-10(9)18-11(17)16-8-4-2-1-3-5-8/h1-7H,(H,16,17). The minimum atomic E-state index is -4.54. The van der Waals surface area contributed by atoms with Crippen LogP contribution in [0.25, 0.3) is 0 Å². The number of benzene rings is 1. The van der Waals surface area contributed by atoms with Gasteiger partial charge in [-0.15, -0.1) is 11.3 Å². The zero-order valence-corrected chi connectivity index (χ0v) is 10.2.